The van der Waals surface area contributed by atoms with Gasteiger partial charge in [-0.2, -0.15) is 10.2 Å². The second-order valence-electron chi connectivity index (χ2n) is 3.54. The molecule has 0 aliphatic heterocycles. The fourth-order valence-corrected chi connectivity index (χ4v) is 1.48. The number of nitrogens with two attached hydrogens (primary N) is 1. The minimum Gasteiger partial charge on any atom is -0.474 e. The molecule has 0 saturated carbocycles. The molecule has 0 saturated heterocycles. The molecule has 0 radical (unpaired) electrons. The third kappa shape index (κ3) is 2.81. The summed E-state index contributed by atoms with van der Waals surface area (Å²) < 4.78 is 15.5. The lowest BCUT2D eigenvalue weighted by molar-refractivity contribution is 0.143. The molecule has 0 spiro atoms. The lowest BCUT2D eigenvalue weighted by Crippen LogP contribution is -2.09. The number of methoxy groups -OCH3 is 1. The van der Waals surface area contributed by atoms with E-state index >= 15 is 0 Å². The van der Waals surface area contributed by atoms with E-state index in [1.807, 2.05) is 6.07 Å². The van der Waals surface area contributed by atoms with Crippen LogP contribution in [0.4, 0.5) is 5.95 Å². The second-order valence-corrected chi connectivity index (χ2v) is 3.54. The second kappa shape index (κ2) is 5.84. The van der Waals surface area contributed by atoms with Crippen LogP contribution in [0.1, 0.15) is 5.56 Å². The van der Waals surface area contributed by atoms with Crippen molar-refractivity contribution >= 4 is 5.95 Å². The molecule has 2 aromatic rings. The molecular formula is C12H12N4O3. The SMILES string of the molecule is COCCOc1nc(N)nc(-c2ccco2)c1C#N. The maximum Gasteiger partial charge on any atom is 0.237 e. The van der Waals surface area contributed by atoms with Crippen LogP contribution in [-0.4, -0.2) is 30.3 Å². The van der Waals surface area contributed by atoms with Crippen molar-refractivity contribution in [2.45, 2.75) is 0 Å². The van der Waals surface area contributed by atoms with Crippen LogP contribution in [0.5, 0.6) is 5.88 Å². The molecule has 0 atom stereocenters. The zero-order chi connectivity index (χ0) is 13.7. The number of hydrogen-bond donors (Lipinski definition) is 1. The van der Waals surface area contributed by atoms with Crippen molar-refractivity contribution in [2.24, 2.45) is 0 Å². The lowest BCUT2D eigenvalue weighted by Gasteiger charge is -2.09. The van der Waals surface area contributed by atoms with Crippen LogP contribution in [0, 0.1) is 11.3 Å². The zero-order valence-electron chi connectivity index (χ0n) is 10.3. The molecule has 0 unspecified atom stereocenters. The van der Waals surface area contributed by atoms with Crippen LogP contribution in [0.3, 0.4) is 0 Å². The van der Waals surface area contributed by atoms with Crippen molar-refractivity contribution < 1.29 is 13.9 Å². The maximum atomic E-state index is 9.22. The van der Waals surface area contributed by atoms with E-state index in [-0.39, 0.29) is 24.0 Å². The van der Waals surface area contributed by atoms with Gasteiger partial charge < -0.3 is 19.6 Å². The average molecular weight is 260 g/mol. The molecule has 19 heavy (non-hydrogen) atoms. The Morgan fingerprint density at radius 2 is 2.26 bits per heavy atom. The Balaban J connectivity index is 2.41. The fourth-order valence-electron chi connectivity index (χ4n) is 1.48. The molecule has 2 heterocycles. The Kier molecular flexibility index (Phi) is 3.95. The molecule has 0 aliphatic rings. The first kappa shape index (κ1) is 12.9. The van der Waals surface area contributed by atoms with Crippen LogP contribution >= 0.6 is 0 Å². The molecule has 2 aromatic heterocycles. The molecule has 0 aliphatic carbocycles. The van der Waals surface area contributed by atoms with Crippen molar-refractivity contribution in [3.63, 3.8) is 0 Å². The fraction of sp³-hybridized carbons (Fsp3) is 0.250. The first-order valence-corrected chi connectivity index (χ1v) is 5.49. The number of furan rings is 1. The summed E-state index contributed by atoms with van der Waals surface area (Å²) >= 11 is 0. The summed E-state index contributed by atoms with van der Waals surface area (Å²) in [5.41, 5.74) is 6.10. The van der Waals surface area contributed by atoms with E-state index in [1.54, 1.807) is 19.2 Å². The predicted octanol–water partition coefficient (Wildman–Crippen LogP) is 1.22. The van der Waals surface area contributed by atoms with Crippen molar-refractivity contribution in [1.82, 2.24) is 9.97 Å². The van der Waals surface area contributed by atoms with Gasteiger partial charge in [0.2, 0.25) is 11.8 Å². The van der Waals surface area contributed by atoms with E-state index in [2.05, 4.69) is 9.97 Å². The summed E-state index contributed by atoms with van der Waals surface area (Å²) in [6.45, 7) is 0.643. The van der Waals surface area contributed by atoms with Crippen LogP contribution in [-0.2, 0) is 4.74 Å². The predicted molar refractivity (Wildman–Crippen MR) is 66.2 cm³/mol. The molecule has 0 aromatic carbocycles. The summed E-state index contributed by atoms with van der Waals surface area (Å²) in [7, 11) is 1.55. The molecule has 7 nitrogen and oxygen atoms in total. The highest BCUT2D eigenvalue weighted by Gasteiger charge is 2.18. The van der Waals surface area contributed by atoms with Crippen molar-refractivity contribution in [3.8, 4) is 23.4 Å². The smallest absolute Gasteiger partial charge is 0.237 e. The van der Waals surface area contributed by atoms with Crippen LogP contribution in [0.25, 0.3) is 11.5 Å². The van der Waals surface area contributed by atoms with Crippen molar-refractivity contribution in [3.05, 3.63) is 24.0 Å². The maximum absolute atomic E-state index is 9.22. The van der Waals surface area contributed by atoms with Crippen LogP contribution < -0.4 is 10.5 Å². The van der Waals surface area contributed by atoms with Crippen LogP contribution in [0.15, 0.2) is 22.8 Å². The number of ether oxygens (including phenoxy) is 2. The molecule has 2 rings (SSSR count). The van der Waals surface area contributed by atoms with Gasteiger partial charge in [0.15, 0.2) is 5.76 Å². The minimum absolute atomic E-state index is 0.0119. The van der Waals surface area contributed by atoms with Gasteiger partial charge in [-0.15, -0.1) is 0 Å². The van der Waals surface area contributed by atoms with E-state index in [4.69, 9.17) is 19.6 Å². The Morgan fingerprint density at radius 1 is 1.42 bits per heavy atom. The van der Waals surface area contributed by atoms with Gasteiger partial charge in [-0.05, 0) is 12.1 Å². The number of nitrogens with zero attached hydrogens (tertiary/aromatic N) is 3. The molecule has 0 fully saturated rings. The van der Waals surface area contributed by atoms with E-state index in [0.29, 0.717) is 18.1 Å². The monoisotopic (exact) mass is 260 g/mol. The molecule has 7 heteroatoms. The molecular weight excluding hydrogens is 248 g/mol. The van der Waals surface area contributed by atoms with Crippen LogP contribution in [0.2, 0.25) is 0 Å². The van der Waals surface area contributed by atoms with Gasteiger partial charge >= 0.3 is 0 Å². The van der Waals surface area contributed by atoms with E-state index in [9.17, 15) is 5.26 Å². The summed E-state index contributed by atoms with van der Waals surface area (Å²) in [6, 6.07) is 5.38. The van der Waals surface area contributed by atoms with E-state index < -0.39 is 0 Å². The lowest BCUT2D eigenvalue weighted by atomic mass is 10.2. The Labute approximate surface area is 109 Å². The summed E-state index contributed by atoms with van der Waals surface area (Å²) in [6.07, 6.45) is 1.49. The van der Waals surface area contributed by atoms with Gasteiger partial charge in [0.1, 0.15) is 23.9 Å². The van der Waals surface area contributed by atoms with Gasteiger partial charge in [-0.25, -0.2) is 4.98 Å². The number of rotatable bonds is 5. The van der Waals surface area contributed by atoms with Gasteiger partial charge in [0, 0.05) is 7.11 Å². The minimum atomic E-state index is 0.0119. The van der Waals surface area contributed by atoms with E-state index in [0.717, 1.165) is 0 Å². The standard InChI is InChI=1S/C12H12N4O3/c1-17-5-6-19-11-8(7-13)10(15-12(14)16-11)9-3-2-4-18-9/h2-4H,5-6H2,1H3,(H2,14,15,16). The van der Waals surface area contributed by atoms with Gasteiger partial charge in [0.05, 0.1) is 12.9 Å². The quantitative estimate of drug-likeness (QED) is 0.805. The molecule has 0 amide bonds. The largest absolute Gasteiger partial charge is 0.474 e. The molecule has 0 bridgehead atoms. The molecule has 2 N–H and O–H groups in total. The molecule has 98 valence electrons. The Morgan fingerprint density at radius 3 is 2.89 bits per heavy atom. The highest BCUT2D eigenvalue weighted by molar-refractivity contribution is 5.65. The average Bonchev–Trinajstić information content (AvgIpc) is 2.92. The number of hydrogen-bond acceptors (Lipinski definition) is 7. The van der Waals surface area contributed by atoms with Gasteiger partial charge in [0.25, 0.3) is 0 Å². The Bertz CT molecular complexity index is 590. The van der Waals surface area contributed by atoms with Crippen molar-refractivity contribution in [2.75, 3.05) is 26.1 Å². The van der Waals surface area contributed by atoms with E-state index in [1.165, 1.54) is 6.26 Å². The topological polar surface area (TPSA) is 107 Å². The number of aromatic nitrogens is 2. The zero-order valence-corrected chi connectivity index (χ0v) is 10.3. The number of anilines is 1. The summed E-state index contributed by atoms with van der Waals surface area (Å²) in [5, 5.41) is 9.22. The highest BCUT2D eigenvalue weighted by Crippen LogP contribution is 2.28. The Hall–Kier alpha value is -2.59. The third-order valence-corrected chi connectivity index (χ3v) is 2.29. The third-order valence-electron chi connectivity index (χ3n) is 2.29. The van der Waals surface area contributed by atoms with Gasteiger partial charge in [-0.3, -0.25) is 0 Å². The van der Waals surface area contributed by atoms with Gasteiger partial charge in [-0.1, -0.05) is 0 Å². The number of nitriles is 1. The number of nitrogen functional groups attached to an aromatic ring is 1. The normalized spacial score (nSPS) is 10.1. The first-order valence-electron chi connectivity index (χ1n) is 5.49. The summed E-state index contributed by atoms with van der Waals surface area (Å²) in [4.78, 5) is 7.93. The summed E-state index contributed by atoms with van der Waals surface area (Å²) in [5.74, 6) is 0.568. The highest BCUT2D eigenvalue weighted by atomic mass is 16.5. The first-order chi connectivity index (χ1) is 9.26. The van der Waals surface area contributed by atoms with Crippen molar-refractivity contribution in [1.29, 1.82) is 5.26 Å².